The first-order chi connectivity index (χ1) is 8.61. The van der Waals surface area contributed by atoms with Gasteiger partial charge in [0.1, 0.15) is 5.69 Å². The first kappa shape index (κ1) is 12.8. The minimum atomic E-state index is -0.129. The summed E-state index contributed by atoms with van der Waals surface area (Å²) >= 11 is 0. The van der Waals surface area contributed by atoms with E-state index in [2.05, 4.69) is 22.1 Å². The number of anilines is 1. The Morgan fingerprint density at radius 1 is 1.61 bits per heavy atom. The van der Waals surface area contributed by atoms with Crippen molar-refractivity contribution in [3.63, 3.8) is 0 Å². The predicted octanol–water partition coefficient (Wildman–Crippen LogP) is 0.615. The number of nitrogens with two attached hydrogens (primary N) is 1. The number of hydrogen-bond donors (Lipinski definition) is 2. The standard InChI is InChI=1S/C13H20N4O/c1-3-15-13(18)12-6-10(4-5-16-12)17-7-9(2)11(14)8-17/h4-6,9,11H,3,7-8,14H2,1-2H3,(H,15,18). The molecule has 1 aliphatic heterocycles. The number of rotatable bonds is 3. The second-order valence-electron chi connectivity index (χ2n) is 4.80. The van der Waals surface area contributed by atoms with Crippen molar-refractivity contribution in [2.24, 2.45) is 11.7 Å². The van der Waals surface area contributed by atoms with Gasteiger partial charge in [-0.3, -0.25) is 9.78 Å². The first-order valence-corrected chi connectivity index (χ1v) is 6.36. The number of amides is 1. The van der Waals surface area contributed by atoms with Crippen LogP contribution in [0.1, 0.15) is 24.3 Å². The van der Waals surface area contributed by atoms with Crippen LogP contribution in [0.2, 0.25) is 0 Å². The largest absolute Gasteiger partial charge is 0.370 e. The van der Waals surface area contributed by atoms with E-state index >= 15 is 0 Å². The molecule has 1 aliphatic rings. The van der Waals surface area contributed by atoms with E-state index in [4.69, 9.17) is 5.73 Å². The molecule has 3 N–H and O–H groups in total. The number of carbonyl (C=O) groups excluding carboxylic acids is 1. The SMILES string of the molecule is CCNC(=O)c1cc(N2CC(C)C(N)C2)ccn1. The third kappa shape index (κ3) is 2.61. The molecule has 0 bridgehead atoms. The summed E-state index contributed by atoms with van der Waals surface area (Å²) in [4.78, 5) is 18.0. The Labute approximate surface area is 107 Å². The average molecular weight is 248 g/mol. The molecule has 0 saturated carbocycles. The maximum Gasteiger partial charge on any atom is 0.269 e. The fourth-order valence-electron chi connectivity index (χ4n) is 2.19. The summed E-state index contributed by atoms with van der Waals surface area (Å²) in [5.74, 6) is 0.349. The molecule has 2 atom stereocenters. The van der Waals surface area contributed by atoms with Gasteiger partial charge in [0, 0.05) is 37.6 Å². The highest BCUT2D eigenvalue weighted by Gasteiger charge is 2.27. The van der Waals surface area contributed by atoms with Crippen molar-refractivity contribution in [2.45, 2.75) is 19.9 Å². The van der Waals surface area contributed by atoms with Gasteiger partial charge in [-0.1, -0.05) is 6.92 Å². The van der Waals surface area contributed by atoms with Crippen LogP contribution in [-0.4, -0.2) is 36.6 Å². The molecular weight excluding hydrogens is 228 g/mol. The molecule has 0 aliphatic carbocycles. The van der Waals surface area contributed by atoms with Crippen molar-refractivity contribution in [1.82, 2.24) is 10.3 Å². The van der Waals surface area contributed by atoms with E-state index in [-0.39, 0.29) is 11.9 Å². The van der Waals surface area contributed by atoms with Gasteiger partial charge in [-0.15, -0.1) is 0 Å². The minimum Gasteiger partial charge on any atom is -0.370 e. The lowest BCUT2D eigenvalue weighted by atomic mass is 10.1. The molecule has 1 saturated heterocycles. The third-order valence-corrected chi connectivity index (χ3v) is 3.35. The highest BCUT2D eigenvalue weighted by molar-refractivity contribution is 5.93. The molecule has 2 heterocycles. The molecule has 0 radical (unpaired) electrons. The number of hydrogen-bond acceptors (Lipinski definition) is 4. The van der Waals surface area contributed by atoms with Crippen molar-refractivity contribution >= 4 is 11.6 Å². The molecule has 2 rings (SSSR count). The lowest BCUT2D eigenvalue weighted by molar-refractivity contribution is 0.0951. The van der Waals surface area contributed by atoms with Gasteiger partial charge in [-0.05, 0) is 25.0 Å². The first-order valence-electron chi connectivity index (χ1n) is 6.36. The molecule has 5 heteroatoms. The Hall–Kier alpha value is -1.62. The fourth-order valence-corrected chi connectivity index (χ4v) is 2.19. The molecule has 98 valence electrons. The van der Waals surface area contributed by atoms with E-state index in [9.17, 15) is 4.79 Å². The number of pyridine rings is 1. The molecule has 1 fully saturated rings. The highest BCUT2D eigenvalue weighted by atomic mass is 16.1. The molecule has 1 amide bonds. The van der Waals surface area contributed by atoms with Gasteiger partial charge in [0.25, 0.3) is 5.91 Å². The molecule has 0 aromatic carbocycles. The molecular formula is C13H20N4O. The van der Waals surface area contributed by atoms with Crippen LogP contribution in [0.4, 0.5) is 5.69 Å². The summed E-state index contributed by atoms with van der Waals surface area (Å²) in [5, 5.41) is 2.75. The number of aromatic nitrogens is 1. The van der Waals surface area contributed by atoms with Crippen molar-refractivity contribution in [1.29, 1.82) is 0 Å². The topological polar surface area (TPSA) is 71.2 Å². The Kier molecular flexibility index (Phi) is 3.81. The fraction of sp³-hybridized carbons (Fsp3) is 0.538. The van der Waals surface area contributed by atoms with Crippen LogP contribution in [0.15, 0.2) is 18.3 Å². The van der Waals surface area contributed by atoms with Crippen molar-refractivity contribution < 1.29 is 4.79 Å². The minimum absolute atomic E-state index is 0.129. The van der Waals surface area contributed by atoms with Gasteiger partial charge in [0.15, 0.2) is 0 Å². The summed E-state index contributed by atoms with van der Waals surface area (Å²) in [6, 6.07) is 3.95. The van der Waals surface area contributed by atoms with Gasteiger partial charge in [0.05, 0.1) is 0 Å². The normalized spacial score (nSPS) is 23.2. The Bertz CT molecular complexity index is 425. The van der Waals surface area contributed by atoms with Crippen LogP contribution < -0.4 is 16.0 Å². The van der Waals surface area contributed by atoms with E-state index in [1.807, 2.05) is 19.1 Å². The van der Waals surface area contributed by atoms with Crippen LogP contribution in [0.25, 0.3) is 0 Å². The van der Waals surface area contributed by atoms with Crippen LogP contribution in [-0.2, 0) is 0 Å². The summed E-state index contributed by atoms with van der Waals surface area (Å²) in [7, 11) is 0. The number of carbonyl (C=O) groups is 1. The van der Waals surface area contributed by atoms with Gasteiger partial charge >= 0.3 is 0 Å². The Balaban J connectivity index is 2.15. The number of nitrogens with one attached hydrogen (secondary N) is 1. The molecule has 5 nitrogen and oxygen atoms in total. The second-order valence-corrected chi connectivity index (χ2v) is 4.80. The van der Waals surface area contributed by atoms with Crippen LogP contribution in [0.3, 0.4) is 0 Å². The zero-order chi connectivity index (χ0) is 13.1. The van der Waals surface area contributed by atoms with Gasteiger partial charge < -0.3 is 16.0 Å². The van der Waals surface area contributed by atoms with Crippen molar-refractivity contribution in [3.05, 3.63) is 24.0 Å². The molecule has 2 unspecified atom stereocenters. The van der Waals surface area contributed by atoms with E-state index in [0.29, 0.717) is 18.2 Å². The quantitative estimate of drug-likeness (QED) is 0.822. The highest BCUT2D eigenvalue weighted by Crippen LogP contribution is 2.22. The van der Waals surface area contributed by atoms with Crippen LogP contribution >= 0.6 is 0 Å². The molecule has 1 aromatic heterocycles. The third-order valence-electron chi connectivity index (χ3n) is 3.35. The molecule has 18 heavy (non-hydrogen) atoms. The zero-order valence-electron chi connectivity index (χ0n) is 10.9. The Morgan fingerprint density at radius 3 is 3.00 bits per heavy atom. The summed E-state index contributed by atoms with van der Waals surface area (Å²) < 4.78 is 0. The Morgan fingerprint density at radius 2 is 2.39 bits per heavy atom. The lowest BCUT2D eigenvalue weighted by Gasteiger charge is -2.18. The van der Waals surface area contributed by atoms with E-state index in [0.717, 1.165) is 18.8 Å². The van der Waals surface area contributed by atoms with Gasteiger partial charge in [-0.25, -0.2) is 0 Å². The molecule has 1 aromatic rings. The van der Waals surface area contributed by atoms with E-state index in [1.54, 1.807) is 6.20 Å². The maximum atomic E-state index is 11.7. The summed E-state index contributed by atoms with van der Waals surface area (Å²) in [6.07, 6.45) is 1.68. The average Bonchev–Trinajstić information content (AvgIpc) is 2.70. The maximum absolute atomic E-state index is 11.7. The summed E-state index contributed by atoms with van der Waals surface area (Å²) in [5.41, 5.74) is 7.50. The predicted molar refractivity (Wildman–Crippen MR) is 71.6 cm³/mol. The monoisotopic (exact) mass is 248 g/mol. The lowest BCUT2D eigenvalue weighted by Crippen LogP contribution is -2.28. The van der Waals surface area contributed by atoms with Crippen molar-refractivity contribution in [3.8, 4) is 0 Å². The van der Waals surface area contributed by atoms with Gasteiger partial charge in [0.2, 0.25) is 0 Å². The number of nitrogens with zero attached hydrogens (tertiary/aromatic N) is 2. The van der Waals surface area contributed by atoms with E-state index in [1.165, 1.54) is 0 Å². The second kappa shape index (κ2) is 5.35. The van der Waals surface area contributed by atoms with Crippen LogP contribution in [0.5, 0.6) is 0 Å². The van der Waals surface area contributed by atoms with E-state index < -0.39 is 0 Å². The summed E-state index contributed by atoms with van der Waals surface area (Å²) in [6.45, 7) is 6.41. The smallest absolute Gasteiger partial charge is 0.269 e. The van der Waals surface area contributed by atoms with Crippen LogP contribution in [0, 0.1) is 5.92 Å². The molecule has 0 spiro atoms. The van der Waals surface area contributed by atoms with Crippen molar-refractivity contribution in [2.75, 3.05) is 24.5 Å². The van der Waals surface area contributed by atoms with Gasteiger partial charge in [-0.2, -0.15) is 0 Å². The zero-order valence-corrected chi connectivity index (χ0v) is 10.9.